The van der Waals surface area contributed by atoms with E-state index >= 15 is 4.39 Å². The van der Waals surface area contributed by atoms with E-state index < -0.39 is 27.2 Å². The molecule has 0 spiro atoms. The maximum atomic E-state index is 15.2. The minimum Gasteiger partial charge on any atom is -0.494 e. The van der Waals surface area contributed by atoms with E-state index in [0.717, 1.165) is 11.1 Å². The summed E-state index contributed by atoms with van der Waals surface area (Å²) in [5.41, 5.74) is 2.07. The first-order chi connectivity index (χ1) is 17.7. The van der Waals surface area contributed by atoms with Gasteiger partial charge in [0.1, 0.15) is 22.8 Å². The Hall–Kier alpha value is -3.97. The number of hydrogen-bond donors (Lipinski definition) is 1. The summed E-state index contributed by atoms with van der Waals surface area (Å²) in [6, 6.07) is 6.03. The van der Waals surface area contributed by atoms with Crippen LogP contribution in [-0.2, 0) is 14.8 Å². The van der Waals surface area contributed by atoms with Crippen LogP contribution in [0.4, 0.5) is 10.3 Å². The summed E-state index contributed by atoms with van der Waals surface area (Å²) in [5, 5.41) is 7.06. The van der Waals surface area contributed by atoms with Crippen LogP contribution in [0.25, 0.3) is 17.1 Å². The molecular formula is C24H26FN7O4S. The molecule has 4 aromatic rings. The molecule has 11 nitrogen and oxygen atoms in total. The third kappa shape index (κ3) is 5.27. The number of pyridine rings is 1. The molecule has 2 atom stereocenters. The molecule has 4 rings (SSSR count). The predicted molar refractivity (Wildman–Crippen MR) is 134 cm³/mol. The van der Waals surface area contributed by atoms with Crippen molar-refractivity contribution in [3.8, 4) is 22.8 Å². The second-order valence-corrected chi connectivity index (χ2v) is 10.4. The summed E-state index contributed by atoms with van der Waals surface area (Å²) in [7, 11) is -1.43. The molecule has 2 unspecified atom stereocenters. The molecule has 0 fully saturated rings. The van der Waals surface area contributed by atoms with E-state index in [9.17, 15) is 8.42 Å². The number of ether oxygens (including phenoxy) is 2. The molecular weight excluding hydrogens is 501 g/mol. The number of aromatic nitrogens is 6. The van der Waals surface area contributed by atoms with Crippen LogP contribution in [0.1, 0.15) is 30.0 Å². The number of rotatable bonds is 9. The van der Waals surface area contributed by atoms with Crippen molar-refractivity contribution < 1.29 is 22.3 Å². The number of anilines is 1. The van der Waals surface area contributed by atoms with Crippen LogP contribution in [0.15, 0.2) is 49.1 Å². The number of hydrogen-bond acceptors (Lipinski definition) is 9. The first-order valence-electron chi connectivity index (χ1n) is 11.2. The highest BCUT2D eigenvalue weighted by atomic mass is 32.2. The maximum Gasteiger partial charge on any atom is 0.243 e. The van der Waals surface area contributed by atoms with E-state index in [-0.39, 0.29) is 29.0 Å². The number of nitrogens with zero attached hydrogens (tertiary/aromatic N) is 6. The lowest BCUT2D eigenvalue weighted by molar-refractivity contribution is 0.0949. The van der Waals surface area contributed by atoms with Crippen LogP contribution in [-0.4, -0.2) is 57.6 Å². The lowest BCUT2D eigenvalue weighted by Crippen LogP contribution is -2.33. The van der Waals surface area contributed by atoms with E-state index in [4.69, 9.17) is 9.47 Å². The van der Waals surface area contributed by atoms with Gasteiger partial charge in [0.15, 0.2) is 17.5 Å². The Balaban J connectivity index is 1.82. The van der Waals surface area contributed by atoms with E-state index in [1.807, 2.05) is 13.8 Å². The van der Waals surface area contributed by atoms with E-state index in [1.165, 1.54) is 44.0 Å². The van der Waals surface area contributed by atoms with Gasteiger partial charge in [-0.1, -0.05) is 6.07 Å². The number of para-hydroxylation sites is 1. The summed E-state index contributed by atoms with van der Waals surface area (Å²) >= 11 is 0. The van der Waals surface area contributed by atoms with Gasteiger partial charge < -0.3 is 9.47 Å². The highest BCUT2D eigenvalue weighted by Crippen LogP contribution is 2.34. The zero-order valence-corrected chi connectivity index (χ0v) is 21.7. The van der Waals surface area contributed by atoms with E-state index in [1.54, 1.807) is 30.7 Å². The van der Waals surface area contributed by atoms with Crippen molar-refractivity contribution in [2.45, 2.75) is 32.1 Å². The Morgan fingerprint density at radius 1 is 1.03 bits per heavy atom. The molecule has 13 heteroatoms. The van der Waals surface area contributed by atoms with Crippen LogP contribution in [0.2, 0.25) is 0 Å². The van der Waals surface area contributed by atoms with Crippen molar-refractivity contribution in [1.82, 2.24) is 29.7 Å². The Morgan fingerprint density at radius 2 is 1.76 bits per heavy atom. The minimum atomic E-state index is -4.18. The lowest BCUT2D eigenvalue weighted by Gasteiger charge is -2.22. The van der Waals surface area contributed by atoms with Crippen LogP contribution in [0.3, 0.4) is 0 Å². The second-order valence-electron chi connectivity index (χ2n) is 8.35. The van der Waals surface area contributed by atoms with Gasteiger partial charge in [0, 0.05) is 37.5 Å². The highest BCUT2D eigenvalue weighted by Gasteiger charge is 2.35. The van der Waals surface area contributed by atoms with Crippen molar-refractivity contribution in [2.24, 2.45) is 0 Å². The Kier molecular flexibility index (Phi) is 7.45. The number of methoxy groups -OCH3 is 2. The summed E-state index contributed by atoms with van der Waals surface area (Å²) in [5.74, 6) is -0.397. The number of sulfonamides is 1. The fourth-order valence-electron chi connectivity index (χ4n) is 3.74. The van der Waals surface area contributed by atoms with Crippen molar-refractivity contribution in [2.75, 3.05) is 18.9 Å². The summed E-state index contributed by atoms with van der Waals surface area (Å²) in [6.45, 7) is 5.11. The largest absolute Gasteiger partial charge is 0.494 e. The average Bonchev–Trinajstić information content (AvgIpc) is 3.27. The van der Waals surface area contributed by atoms with Gasteiger partial charge in [-0.25, -0.2) is 22.8 Å². The number of halogens is 1. The lowest BCUT2D eigenvalue weighted by atomic mass is 10.2. The van der Waals surface area contributed by atoms with Gasteiger partial charge in [-0.3, -0.25) is 14.3 Å². The molecule has 0 aliphatic carbocycles. The first-order valence-corrected chi connectivity index (χ1v) is 12.7. The molecule has 194 valence electrons. The van der Waals surface area contributed by atoms with Gasteiger partial charge in [0.05, 0.1) is 7.11 Å². The molecule has 3 aromatic heterocycles. The zero-order chi connectivity index (χ0) is 26.7. The molecule has 0 saturated carbocycles. The van der Waals surface area contributed by atoms with Crippen molar-refractivity contribution in [3.63, 3.8) is 0 Å². The SMILES string of the molecule is COc1cccc(F)c1-n1c(NS(=O)(=O)C(C)C(OC)c2ncc(C)cn2)nnc1-c1cncc(C)c1. The average molecular weight is 528 g/mol. The van der Waals surface area contributed by atoms with Crippen molar-refractivity contribution in [1.29, 1.82) is 0 Å². The molecule has 0 amide bonds. The molecule has 0 bridgehead atoms. The molecule has 1 N–H and O–H groups in total. The molecule has 0 saturated heterocycles. The van der Waals surface area contributed by atoms with Crippen LogP contribution in [0, 0.1) is 19.7 Å². The Morgan fingerprint density at radius 3 is 2.41 bits per heavy atom. The van der Waals surface area contributed by atoms with Gasteiger partial charge in [-0.15, -0.1) is 10.2 Å². The fraction of sp³-hybridized carbons (Fsp3) is 0.292. The van der Waals surface area contributed by atoms with Gasteiger partial charge in [-0.05, 0) is 50.1 Å². The third-order valence-electron chi connectivity index (χ3n) is 5.65. The topological polar surface area (TPSA) is 134 Å². The van der Waals surface area contributed by atoms with Crippen molar-refractivity contribution >= 4 is 16.0 Å². The Labute approximate surface area is 213 Å². The quantitative estimate of drug-likeness (QED) is 0.347. The normalized spacial score (nSPS) is 13.2. The van der Waals surface area contributed by atoms with Crippen LogP contribution >= 0.6 is 0 Å². The number of aryl methyl sites for hydroxylation is 2. The minimum absolute atomic E-state index is 0.0676. The van der Waals surface area contributed by atoms with Crippen LogP contribution < -0.4 is 9.46 Å². The number of benzene rings is 1. The third-order valence-corrected chi connectivity index (χ3v) is 7.34. The molecule has 0 aliphatic rings. The molecule has 0 aliphatic heterocycles. The standard InChI is InChI=1S/C24H26FN7O4S/c1-14-9-17(13-26-10-14)23-29-30-24(32(23)20-18(25)7-6-8-19(20)35-4)31-37(33,34)16(3)21(36-5)22-27-11-15(2)12-28-22/h6-13,16,21H,1-5H3,(H,30,31). The summed E-state index contributed by atoms with van der Waals surface area (Å²) in [6.07, 6.45) is 5.33. The zero-order valence-electron chi connectivity index (χ0n) is 20.9. The highest BCUT2D eigenvalue weighted by molar-refractivity contribution is 7.93. The Bertz CT molecular complexity index is 1510. The summed E-state index contributed by atoms with van der Waals surface area (Å²) in [4.78, 5) is 12.6. The fourth-order valence-corrected chi connectivity index (χ4v) is 4.87. The smallest absolute Gasteiger partial charge is 0.243 e. The number of nitrogens with one attached hydrogen (secondary N) is 1. The van der Waals surface area contributed by atoms with Gasteiger partial charge in [0.25, 0.3) is 0 Å². The summed E-state index contributed by atoms with van der Waals surface area (Å²) < 4.78 is 56.7. The van der Waals surface area contributed by atoms with E-state index in [0.29, 0.717) is 5.56 Å². The molecule has 3 heterocycles. The monoisotopic (exact) mass is 527 g/mol. The van der Waals surface area contributed by atoms with E-state index in [2.05, 4.69) is 29.9 Å². The van der Waals surface area contributed by atoms with Crippen LogP contribution in [0.5, 0.6) is 5.75 Å². The van der Waals surface area contributed by atoms with Crippen molar-refractivity contribution in [3.05, 3.63) is 71.8 Å². The molecule has 0 radical (unpaired) electrons. The molecule has 1 aromatic carbocycles. The maximum absolute atomic E-state index is 15.2. The van der Waals surface area contributed by atoms with Gasteiger partial charge in [0.2, 0.25) is 16.0 Å². The molecule has 37 heavy (non-hydrogen) atoms. The van der Waals surface area contributed by atoms with Gasteiger partial charge in [-0.2, -0.15) is 0 Å². The second kappa shape index (κ2) is 10.6. The predicted octanol–water partition coefficient (Wildman–Crippen LogP) is 3.40. The first kappa shape index (κ1) is 26.1. The van der Waals surface area contributed by atoms with Gasteiger partial charge >= 0.3 is 0 Å².